The van der Waals surface area contributed by atoms with Gasteiger partial charge < -0.3 is 4.74 Å². The first kappa shape index (κ1) is 18.7. The minimum absolute atomic E-state index is 0. The van der Waals surface area contributed by atoms with Crippen LogP contribution in [0.5, 0.6) is 5.75 Å². The van der Waals surface area contributed by atoms with Gasteiger partial charge in [0.25, 0.3) is 0 Å². The van der Waals surface area contributed by atoms with Crippen LogP contribution in [0.2, 0.25) is 0 Å². The van der Waals surface area contributed by atoms with E-state index in [2.05, 4.69) is 32.1 Å². The Balaban J connectivity index is 0.000000507. The second-order valence-corrected chi connectivity index (χ2v) is 4.52. The molecule has 0 heterocycles. The summed E-state index contributed by atoms with van der Waals surface area (Å²) in [6, 6.07) is 9.76. The van der Waals surface area contributed by atoms with Gasteiger partial charge in [0.1, 0.15) is 5.75 Å². The molecule has 0 radical (unpaired) electrons. The number of hydrogen-bond donors (Lipinski definition) is 0. The standard InChI is InChI=1S/C13H16O.C5H5.Ti/c1-11(2)9-12(3)10-14-13-7-5-4-6-8-13;1-2-4-5-3-1;/h4-10H,1-3H3;1-3H,4H2;/q;-1;. The van der Waals surface area contributed by atoms with Crippen LogP contribution >= 0.6 is 0 Å². The SMILES string of the molecule is CC(C)=CC(C)=COc1ccccc1.[C-]1=CC=CC1.[Ti]. The molecule has 1 aliphatic carbocycles. The van der Waals surface area contributed by atoms with Gasteiger partial charge in [-0.2, -0.15) is 6.08 Å². The van der Waals surface area contributed by atoms with Crippen molar-refractivity contribution < 1.29 is 26.5 Å². The van der Waals surface area contributed by atoms with Crippen LogP contribution in [0.25, 0.3) is 0 Å². The molecule has 0 saturated heterocycles. The largest absolute Gasteiger partial charge is 0.465 e. The van der Waals surface area contributed by atoms with E-state index in [0.717, 1.165) is 17.7 Å². The molecule has 1 aromatic carbocycles. The molecule has 20 heavy (non-hydrogen) atoms. The van der Waals surface area contributed by atoms with Crippen molar-refractivity contribution in [1.82, 2.24) is 0 Å². The van der Waals surface area contributed by atoms with Crippen LogP contribution in [0.4, 0.5) is 0 Å². The minimum atomic E-state index is 0. The number of para-hydroxylation sites is 1. The summed E-state index contributed by atoms with van der Waals surface area (Å²) in [5.41, 5.74) is 2.39. The summed E-state index contributed by atoms with van der Waals surface area (Å²) in [5, 5.41) is 0. The third-order valence-corrected chi connectivity index (χ3v) is 2.23. The summed E-state index contributed by atoms with van der Waals surface area (Å²) in [6.45, 7) is 6.16. The predicted octanol–water partition coefficient (Wildman–Crippen LogP) is 5.24. The summed E-state index contributed by atoms with van der Waals surface area (Å²) in [6.07, 6.45) is 13.9. The maximum atomic E-state index is 5.46. The fourth-order valence-electron chi connectivity index (χ4n) is 1.49. The van der Waals surface area contributed by atoms with E-state index in [9.17, 15) is 0 Å². The van der Waals surface area contributed by atoms with Crippen molar-refractivity contribution >= 4 is 0 Å². The van der Waals surface area contributed by atoms with Crippen molar-refractivity contribution in [2.75, 3.05) is 0 Å². The van der Waals surface area contributed by atoms with E-state index in [-0.39, 0.29) is 21.7 Å². The molecule has 1 aliphatic rings. The van der Waals surface area contributed by atoms with Gasteiger partial charge in [-0.15, -0.1) is 6.42 Å². The molecule has 2 heteroatoms. The predicted molar refractivity (Wildman–Crippen MR) is 81.8 cm³/mol. The number of rotatable bonds is 3. The quantitative estimate of drug-likeness (QED) is 0.321. The molecule has 0 spiro atoms. The molecule has 0 fully saturated rings. The first-order chi connectivity index (χ1) is 9.18. The van der Waals surface area contributed by atoms with Crippen LogP contribution in [0, 0.1) is 6.08 Å². The van der Waals surface area contributed by atoms with E-state index < -0.39 is 0 Å². The van der Waals surface area contributed by atoms with E-state index in [4.69, 9.17) is 4.74 Å². The van der Waals surface area contributed by atoms with E-state index in [1.807, 2.05) is 49.4 Å². The van der Waals surface area contributed by atoms with Crippen LogP contribution in [0.1, 0.15) is 27.2 Å². The average Bonchev–Trinajstić information content (AvgIpc) is 2.96. The zero-order chi connectivity index (χ0) is 13.9. The molecule has 0 aromatic heterocycles. The summed E-state index contributed by atoms with van der Waals surface area (Å²) in [5.74, 6) is 0.869. The van der Waals surface area contributed by atoms with E-state index in [1.165, 1.54) is 5.57 Å². The molecule has 0 unspecified atom stereocenters. The summed E-state index contributed by atoms with van der Waals surface area (Å²) < 4.78 is 5.46. The Kier molecular flexibility index (Phi) is 10.8. The fraction of sp³-hybridized carbons (Fsp3) is 0.222. The van der Waals surface area contributed by atoms with Crippen LogP contribution in [-0.4, -0.2) is 0 Å². The van der Waals surface area contributed by atoms with Gasteiger partial charge in [-0.05, 0) is 38.5 Å². The van der Waals surface area contributed by atoms with E-state index in [1.54, 1.807) is 6.26 Å². The Morgan fingerprint density at radius 1 is 1.15 bits per heavy atom. The third kappa shape index (κ3) is 9.60. The van der Waals surface area contributed by atoms with Gasteiger partial charge in [0.05, 0.1) is 6.26 Å². The molecule has 0 amide bonds. The molecule has 1 nitrogen and oxygen atoms in total. The van der Waals surface area contributed by atoms with Gasteiger partial charge in [0.15, 0.2) is 0 Å². The Labute approximate surface area is 137 Å². The van der Waals surface area contributed by atoms with Crippen molar-refractivity contribution in [2.24, 2.45) is 0 Å². The summed E-state index contributed by atoms with van der Waals surface area (Å²) in [4.78, 5) is 0. The second-order valence-electron chi connectivity index (χ2n) is 4.52. The number of allylic oxidation sites excluding steroid dienone is 7. The van der Waals surface area contributed by atoms with E-state index >= 15 is 0 Å². The number of benzene rings is 1. The first-order valence-corrected chi connectivity index (χ1v) is 6.43. The summed E-state index contributed by atoms with van der Waals surface area (Å²) >= 11 is 0. The maximum Gasteiger partial charge on any atom is 0.126 e. The molecule has 1 aromatic rings. The van der Waals surface area contributed by atoms with Crippen LogP contribution in [-0.2, 0) is 21.7 Å². The zero-order valence-electron chi connectivity index (χ0n) is 12.4. The zero-order valence-corrected chi connectivity index (χ0v) is 14.0. The van der Waals surface area contributed by atoms with E-state index in [0.29, 0.717) is 0 Å². The monoisotopic (exact) mass is 301 g/mol. The first-order valence-electron chi connectivity index (χ1n) is 6.43. The van der Waals surface area contributed by atoms with Gasteiger partial charge in [-0.1, -0.05) is 29.8 Å². The topological polar surface area (TPSA) is 9.23 Å². The van der Waals surface area contributed by atoms with Crippen molar-refractivity contribution in [2.45, 2.75) is 27.2 Å². The van der Waals surface area contributed by atoms with Crippen LogP contribution in [0.3, 0.4) is 0 Å². The van der Waals surface area contributed by atoms with Gasteiger partial charge in [-0.3, -0.25) is 6.08 Å². The third-order valence-electron chi connectivity index (χ3n) is 2.23. The molecule has 0 saturated carbocycles. The second kappa shape index (κ2) is 11.5. The minimum Gasteiger partial charge on any atom is -0.465 e. The Bertz CT molecular complexity index is 467. The van der Waals surface area contributed by atoms with Gasteiger partial charge in [0.2, 0.25) is 0 Å². The van der Waals surface area contributed by atoms with Crippen LogP contribution < -0.4 is 4.74 Å². The smallest absolute Gasteiger partial charge is 0.126 e. The van der Waals surface area contributed by atoms with Crippen molar-refractivity contribution in [1.29, 1.82) is 0 Å². The Morgan fingerprint density at radius 3 is 2.30 bits per heavy atom. The Hall–Kier alpha value is -1.31. The van der Waals surface area contributed by atoms with Crippen molar-refractivity contribution in [3.8, 4) is 5.75 Å². The van der Waals surface area contributed by atoms with Crippen molar-refractivity contribution in [3.63, 3.8) is 0 Å². The molecule has 2 rings (SSSR count). The molecular formula is C18H21OTi-. The molecule has 0 bridgehead atoms. The van der Waals surface area contributed by atoms with Gasteiger partial charge in [0, 0.05) is 21.7 Å². The number of hydrogen-bond acceptors (Lipinski definition) is 1. The Morgan fingerprint density at radius 2 is 1.85 bits per heavy atom. The van der Waals surface area contributed by atoms with Gasteiger partial charge >= 0.3 is 0 Å². The average molecular weight is 301 g/mol. The molecule has 0 aliphatic heterocycles. The fourth-order valence-corrected chi connectivity index (χ4v) is 1.49. The van der Waals surface area contributed by atoms with Crippen LogP contribution in [0.15, 0.2) is 72.0 Å². The molecule has 104 valence electrons. The normalized spacial score (nSPS) is 12.1. The molecular weight excluding hydrogens is 280 g/mol. The number of ether oxygens (including phenoxy) is 1. The molecule has 0 N–H and O–H groups in total. The maximum absolute atomic E-state index is 5.46. The molecule has 0 atom stereocenters. The van der Waals surface area contributed by atoms with Crippen molar-refractivity contribution in [3.05, 3.63) is 78.1 Å². The van der Waals surface area contributed by atoms with Gasteiger partial charge in [-0.25, -0.2) is 12.2 Å². The summed E-state index contributed by atoms with van der Waals surface area (Å²) in [7, 11) is 0.